The number of nitrogens with zero attached hydrogens (tertiary/aromatic N) is 2. The van der Waals surface area contributed by atoms with Crippen LogP contribution in [0.5, 0.6) is 0 Å². The molecule has 2 atom stereocenters. The molecule has 4 rings (SSSR count). The van der Waals surface area contributed by atoms with E-state index in [0.717, 1.165) is 11.0 Å². The molecular formula is C25H26F3N5O5. The summed E-state index contributed by atoms with van der Waals surface area (Å²) in [5.41, 5.74) is -2.68. The molecule has 3 N–H and O–H groups in total. The number of halogens is 3. The van der Waals surface area contributed by atoms with E-state index >= 15 is 0 Å². The smallest absolute Gasteiger partial charge is 0.326 e. The number of nitrogens with one attached hydrogen (secondary N) is 3. The first-order valence-electron chi connectivity index (χ1n) is 11.7. The van der Waals surface area contributed by atoms with Crippen molar-refractivity contribution in [1.82, 2.24) is 10.2 Å². The van der Waals surface area contributed by atoms with Gasteiger partial charge in [-0.1, -0.05) is 32.9 Å². The van der Waals surface area contributed by atoms with Gasteiger partial charge in [0.25, 0.3) is 0 Å². The quantitative estimate of drug-likeness (QED) is 0.394. The minimum absolute atomic E-state index is 0.0819. The number of alkyl halides is 3. The van der Waals surface area contributed by atoms with Gasteiger partial charge in [-0.3, -0.25) is 29.1 Å². The van der Waals surface area contributed by atoms with Crippen molar-refractivity contribution >= 4 is 46.7 Å². The number of fused-ring (bicyclic) bond motifs is 2. The molecule has 1 aromatic carbocycles. The molecule has 1 saturated heterocycles. The Kier molecular flexibility index (Phi) is 6.24. The van der Waals surface area contributed by atoms with Gasteiger partial charge in [-0.25, -0.2) is 4.90 Å². The third-order valence-corrected chi connectivity index (χ3v) is 7.15. The number of rotatable bonds is 5. The lowest BCUT2D eigenvalue weighted by molar-refractivity contribution is -0.167. The normalized spacial score (nSPS) is 27.2. The third-order valence-electron chi connectivity index (χ3n) is 7.15. The number of H-pyrrole nitrogens is 1. The number of benzene rings is 1. The average molecular weight is 534 g/mol. The number of amides is 4. The molecule has 2 aromatic rings. The van der Waals surface area contributed by atoms with E-state index in [1.165, 1.54) is 6.92 Å². The molecule has 13 heteroatoms. The van der Waals surface area contributed by atoms with Gasteiger partial charge in [-0.05, 0) is 38.3 Å². The van der Waals surface area contributed by atoms with Crippen LogP contribution >= 0.6 is 0 Å². The molecule has 2 unspecified atom stereocenters. The van der Waals surface area contributed by atoms with Crippen molar-refractivity contribution in [3.63, 3.8) is 0 Å². The Hall–Kier alpha value is -4.03. The van der Waals surface area contributed by atoms with E-state index in [4.69, 9.17) is 0 Å². The highest BCUT2D eigenvalue weighted by Gasteiger charge is 2.63. The van der Waals surface area contributed by atoms with Crippen molar-refractivity contribution in [1.29, 1.82) is 0 Å². The molecule has 1 aromatic heterocycles. The summed E-state index contributed by atoms with van der Waals surface area (Å²) in [6.07, 6.45) is -4.81. The Balaban J connectivity index is 1.60. The molecule has 0 radical (unpaired) electrons. The summed E-state index contributed by atoms with van der Waals surface area (Å²) in [4.78, 5) is 64.4. The zero-order valence-electron chi connectivity index (χ0n) is 21.1. The number of imide groups is 1. The van der Waals surface area contributed by atoms with Gasteiger partial charge < -0.3 is 10.6 Å². The molecule has 38 heavy (non-hydrogen) atoms. The Morgan fingerprint density at radius 1 is 0.974 bits per heavy atom. The van der Waals surface area contributed by atoms with Crippen molar-refractivity contribution in [2.45, 2.75) is 53.1 Å². The number of hydrogen-bond donors (Lipinski definition) is 3. The van der Waals surface area contributed by atoms with Crippen LogP contribution in [0.3, 0.4) is 0 Å². The number of Topliss-reactive ketones (excluding diaryl/α,β-unsaturated/α-hetero) is 1. The lowest BCUT2D eigenvalue weighted by atomic mass is 9.51. The topological polar surface area (TPSA) is 141 Å². The second-order valence-electron chi connectivity index (χ2n) is 10.8. The molecule has 4 amide bonds. The Bertz CT molecular complexity index is 1340. The van der Waals surface area contributed by atoms with E-state index in [-0.39, 0.29) is 30.9 Å². The van der Waals surface area contributed by atoms with Gasteiger partial charge in [0.1, 0.15) is 5.82 Å². The van der Waals surface area contributed by atoms with Crippen LogP contribution in [0.4, 0.5) is 30.5 Å². The largest absolute Gasteiger partial charge is 0.471 e. The van der Waals surface area contributed by atoms with Gasteiger partial charge in [0, 0.05) is 33.6 Å². The molecule has 1 aliphatic carbocycles. The summed E-state index contributed by atoms with van der Waals surface area (Å²) in [6.45, 7) is 6.34. The number of piperidine rings is 1. The number of anilines is 3. The summed E-state index contributed by atoms with van der Waals surface area (Å²) in [7, 11) is 0. The molecule has 2 fully saturated rings. The first kappa shape index (κ1) is 27.0. The van der Waals surface area contributed by atoms with Crippen LogP contribution in [0.25, 0.3) is 0 Å². The summed E-state index contributed by atoms with van der Waals surface area (Å²) in [5.74, 6) is -4.84. The molecule has 1 aliphatic heterocycles. The van der Waals surface area contributed by atoms with Crippen molar-refractivity contribution < 1.29 is 37.1 Å². The van der Waals surface area contributed by atoms with Crippen molar-refractivity contribution in [3.05, 3.63) is 35.9 Å². The highest BCUT2D eigenvalue weighted by atomic mass is 19.4. The number of aromatic nitrogens is 2. The molecule has 10 nitrogen and oxygen atoms in total. The fraction of sp³-hybridized carbons (Fsp3) is 0.440. The van der Waals surface area contributed by atoms with E-state index < -0.39 is 51.9 Å². The van der Waals surface area contributed by atoms with Crippen LogP contribution in [-0.2, 0) is 19.2 Å². The number of aromatic amines is 1. The number of carbonyl (C=O) groups is 5. The monoisotopic (exact) mass is 533 g/mol. The lowest BCUT2D eigenvalue weighted by Gasteiger charge is -2.55. The van der Waals surface area contributed by atoms with Gasteiger partial charge in [-0.15, -0.1) is 0 Å². The average Bonchev–Trinajstić information content (AvgIpc) is 3.25. The minimum atomic E-state index is -5.14. The van der Waals surface area contributed by atoms with E-state index in [2.05, 4.69) is 15.5 Å². The lowest BCUT2D eigenvalue weighted by Crippen LogP contribution is -2.65. The number of ketones is 1. The highest BCUT2D eigenvalue weighted by Crippen LogP contribution is 2.59. The molecule has 2 aliphatic rings. The summed E-state index contributed by atoms with van der Waals surface area (Å²) < 4.78 is 37.8. The predicted octanol–water partition coefficient (Wildman–Crippen LogP) is 3.83. The molecule has 2 heterocycles. The number of hydrogen-bond acceptors (Lipinski definition) is 6. The Morgan fingerprint density at radius 2 is 1.58 bits per heavy atom. The van der Waals surface area contributed by atoms with Crippen LogP contribution in [0.15, 0.2) is 30.3 Å². The Morgan fingerprint density at radius 3 is 2.13 bits per heavy atom. The fourth-order valence-corrected chi connectivity index (χ4v) is 5.85. The molecule has 0 spiro atoms. The Labute approximate surface area is 215 Å². The van der Waals surface area contributed by atoms with E-state index in [1.54, 1.807) is 50.4 Å². The van der Waals surface area contributed by atoms with Crippen molar-refractivity contribution in [2.24, 2.45) is 16.2 Å². The van der Waals surface area contributed by atoms with Crippen LogP contribution in [0.1, 0.15) is 57.3 Å². The molecular weight excluding hydrogens is 507 g/mol. The van der Waals surface area contributed by atoms with Crippen LogP contribution in [0, 0.1) is 16.2 Å². The minimum Gasteiger partial charge on any atom is -0.326 e. The third kappa shape index (κ3) is 4.68. The standard InChI is InChI=1S/C25H26F3N5O5/c1-13(34)14-6-5-7-15(8-14)29-18(35)22(2)10-23(3)12-24(4,11-22)21(38)33(20(23)37)17-9-16(31-32-17)30-19(36)25(26,27)28/h5-9H,10-12H2,1-4H3,(H,29,35)(H2,30,31,32,36). The molecule has 2 bridgehead atoms. The first-order chi connectivity index (χ1) is 17.5. The fourth-order valence-electron chi connectivity index (χ4n) is 5.85. The molecule has 202 valence electrons. The highest BCUT2D eigenvalue weighted by molar-refractivity contribution is 6.20. The maximum absolute atomic E-state index is 13.6. The van der Waals surface area contributed by atoms with Gasteiger partial charge in [-0.2, -0.15) is 18.3 Å². The van der Waals surface area contributed by atoms with E-state index in [9.17, 15) is 37.1 Å². The van der Waals surface area contributed by atoms with Gasteiger partial charge in [0.2, 0.25) is 17.7 Å². The summed E-state index contributed by atoms with van der Waals surface area (Å²) >= 11 is 0. The summed E-state index contributed by atoms with van der Waals surface area (Å²) in [5, 5.41) is 10.4. The van der Waals surface area contributed by atoms with Crippen LogP contribution < -0.4 is 15.5 Å². The molecule has 1 saturated carbocycles. The second-order valence-corrected chi connectivity index (χ2v) is 10.8. The SMILES string of the molecule is CC(=O)c1cccc(NC(=O)C2(C)CC3(C)CC(C)(C2)C(=O)N(c2cc(NC(=O)C(F)(F)F)[nH]n2)C3=O)c1. The van der Waals surface area contributed by atoms with E-state index in [1.807, 2.05) is 0 Å². The van der Waals surface area contributed by atoms with E-state index in [0.29, 0.717) is 11.3 Å². The maximum Gasteiger partial charge on any atom is 0.471 e. The number of carbonyl (C=O) groups excluding carboxylic acids is 5. The van der Waals surface area contributed by atoms with Crippen molar-refractivity contribution in [3.8, 4) is 0 Å². The van der Waals surface area contributed by atoms with Crippen LogP contribution in [-0.4, -0.2) is 45.8 Å². The van der Waals surface area contributed by atoms with Gasteiger partial charge in [0.15, 0.2) is 11.6 Å². The zero-order valence-corrected chi connectivity index (χ0v) is 21.1. The zero-order chi connectivity index (χ0) is 28.3. The maximum atomic E-state index is 13.6. The summed E-state index contributed by atoms with van der Waals surface area (Å²) in [6, 6.07) is 7.40. The van der Waals surface area contributed by atoms with Gasteiger partial charge in [0.05, 0.1) is 0 Å². The van der Waals surface area contributed by atoms with Gasteiger partial charge >= 0.3 is 12.1 Å². The van der Waals surface area contributed by atoms with Crippen LogP contribution in [0.2, 0.25) is 0 Å². The second kappa shape index (κ2) is 8.77. The van der Waals surface area contributed by atoms with Crippen molar-refractivity contribution in [2.75, 3.05) is 15.5 Å². The predicted molar refractivity (Wildman–Crippen MR) is 129 cm³/mol. The first-order valence-corrected chi connectivity index (χ1v) is 11.7.